The summed E-state index contributed by atoms with van der Waals surface area (Å²) in [6.07, 6.45) is 63.1. The van der Waals surface area contributed by atoms with Gasteiger partial charge in [-0.15, -0.1) is 0 Å². The van der Waals surface area contributed by atoms with Gasteiger partial charge in [0, 0.05) is 19.3 Å². The van der Waals surface area contributed by atoms with Crippen LogP contribution >= 0.6 is 0 Å². The van der Waals surface area contributed by atoms with Gasteiger partial charge in [-0.1, -0.05) is 251 Å². The van der Waals surface area contributed by atoms with E-state index in [-0.39, 0.29) is 31.1 Å². The molecule has 6 nitrogen and oxygen atoms in total. The highest BCUT2D eigenvalue weighted by Crippen LogP contribution is 2.16. The van der Waals surface area contributed by atoms with Gasteiger partial charge in [-0.05, 0) is 70.6 Å². The Balaban J connectivity index is 4.31. The van der Waals surface area contributed by atoms with Crippen LogP contribution in [0.5, 0.6) is 0 Å². The Kier molecular flexibility index (Phi) is 52.7. The second-order valence-corrected chi connectivity index (χ2v) is 19.6. The fourth-order valence-corrected chi connectivity index (χ4v) is 8.55. The molecule has 0 fully saturated rings. The third-order valence-electron chi connectivity index (χ3n) is 12.9. The predicted octanol–water partition coefficient (Wildman–Crippen LogP) is 19.1. The molecule has 0 aromatic carbocycles. The van der Waals surface area contributed by atoms with Gasteiger partial charge >= 0.3 is 17.9 Å². The summed E-state index contributed by atoms with van der Waals surface area (Å²) >= 11 is 0. The first-order chi connectivity index (χ1) is 32.0. The summed E-state index contributed by atoms with van der Waals surface area (Å²) in [6.45, 7) is 6.65. The van der Waals surface area contributed by atoms with E-state index in [2.05, 4.69) is 45.1 Å². The van der Waals surface area contributed by atoms with Gasteiger partial charge < -0.3 is 14.2 Å². The van der Waals surface area contributed by atoms with E-state index in [0.717, 1.165) is 64.2 Å². The van der Waals surface area contributed by atoms with E-state index in [1.807, 2.05) is 0 Å². The largest absolute Gasteiger partial charge is 0.462 e. The molecule has 0 aromatic heterocycles. The minimum atomic E-state index is -0.772. The number of allylic oxidation sites excluding steroid dienone is 4. The number of carbonyl (C=O) groups excluding carboxylic acids is 3. The molecule has 0 spiro atoms. The van der Waals surface area contributed by atoms with Crippen molar-refractivity contribution in [3.05, 3.63) is 24.3 Å². The summed E-state index contributed by atoms with van der Waals surface area (Å²) in [5, 5.41) is 0. The van der Waals surface area contributed by atoms with E-state index >= 15 is 0 Å². The lowest BCUT2D eigenvalue weighted by Gasteiger charge is -2.18. The molecule has 0 saturated carbocycles. The fourth-order valence-electron chi connectivity index (χ4n) is 8.55. The van der Waals surface area contributed by atoms with Crippen LogP contribution in [0.3, 0.4) is 0 Å². The van der Waals surface area contributed by atoms with Crippen molar-refractivity contribution in [2.45, 2.75) is 322 Å². The molecule has 0 aliphatic rings. The molecule has 0 unspecified atom stereocenters. The Bertz CT molecular complexity index is 1050. The Morgan fingerprint density at radius 1 is 0.292 bits per heavy atom. The smallest absolute Gasteiger partial charge is 0.306 e. The van der Waals surface area contributed by atoms with Crippen molar-refractivity contribution in [3.8, 4) is 0 Å². The van der Waals surface area contributed by atoms with Crippen LogP contribution in [0.2, 0.25) is 0 Å². The van der Waals surface area contributed by atoms with Crippen LogP contribution in [-0.2, 0) is 28.6 Å². The van der Waals surface area contributed by atoms with Crippen LogP contribution in [0, 0.1) is 0 Å². The normalized spacial score (nSPS) is 12.1. The second kappa shape index (κ2) is 54.5. The standard InChI is InChI=1S/C59H110O6/c1-4-7-10-13-16-19-22-25-27-29-30-31-33-34-37-40-43-46-49-52-58(61)64-55-56(54-63-57(60)51-48-45-42-39-36-24-21-18-15-12-9-6-3)65-59(62)53-50-47-44-41-38-35-32-28-26-23-20-17-14-11-8-5-2/h18,21,29-30,56H,4-17,19-20,22-28,31-55H2,1-3H3/b21-18-,30-29-/t56-/m1/s1. The number of ether oxygens (including phenoxy) is 3. The lowest BCUT2D eigenvalue weighted by Crippen LogP contribution is -2.30. The van der Waals surface area contributed by atoms with E-state index < -0.39 is 6.10 Å². The van der Waals surface area contributed by atoms with Crippen molar-refractivity contribution in [2.24, 2.45) is 0 Å². The Morgan fingerprint density at radius 2 is 0.508 bits per heavy atom. The zero-order chi connectivity index (χ0) is 47.2. The number of rotatable bonds is 53. The predicted molar refractivity (Wildman–Crippen MR) is 279 cm³/mol. The lowest BCUT2D eigenvalue weighted by atomic mass is 10.0. The van der Waals surface area contributed by atoms with Gasteiger partial charge in [0.2, 0.25) is 0 Å². The quantitative estimate of drug-likeness (QED) is 0.0262. The Hall–Kier alpha value is -2.11. The minimum absolute atomic E-state index is 0.0720. The summed E-state index contributed by atoms with van der Waals surface area (Å²) < 4.78 is 16.9. The number of unbranched alkanes of at least 4 members (excludes halogenated alkanes) is 38. The molecule has 0 radical (unpaired) electrons. The third-order valence-corrected chi connectivity index (χ3v) is 12.9. The third kappa shape index (κ3) is 52.7. The van der Waals surface area contributed by atoms with Gasteiger partial charge in [0.05, 0.1) is 0 Å². The number of hydrogen-bond acceptors (Lipinski definition) is 6. The highest BCUT2D eigenvalue weighted by Gasteiger charge is 2.19. The molecule has 382 valence electrons. The molecule has 0 aromatic rings. The SMILES string of the molecule is CCCCC/C=C\CCCCCCCC(=O)OC[C@H](COC(=O)CCCCCCCCC/C=C\CCCCCCCCCC)OC(=O)CCCCCCCCCCCCCCCCCC. The first-order valence-electron chi connectivity index (χ1n) is 28.8. The second-order valence-electron chi connectivity index (χ2n) is 19.6. The first kappa shape index (κ1) is 62.9. The van der Waals surface area contributed by atoms with Gasteiger partial charge in [0.15, 0.2) is 6.10 Å². The zero-order valence-corrected chi connectivity index (χ0v) is 43.8. The first-order valence-corrected chi connectivity index (χ1v) is 28.8. The highest BCUT2D eigenvalue weighted by atomic mass is 16.6. The van der Waals surface area contributed by atoms with Crippen LogP contribution in [0.1, 0.15) is 316 Å². The monoisotopic (exact) mass is 915 g/mol. The van der Waals surface area contributed by atoms with Crippen molar-refractivity contribution in [3.63, 3.8) is 0 Å². The van der Waals surface area contributed by atoms with Crippen LogP contribution < -0.4 is 0 Å². The van der Waals surface area contributed by atoms with E-state index in [4.69, 9.17) is 14.2 Å². The number of carbonyl (C=O) groups is 3. The topological polar surface area (TPSA) is 78.9 Å². The number of esters is 3. The maximum absolute atomic E-state index is 12.8. The van der Waals surface area contributed by atoms with Crippen LogP contribution in [-0.4, -0.2) is 37.2 Å². The highest BCUT2D eigenvalue weighted by molar-refractivity contribution is 5.71. The average Bonchev–Trinajstić information content (AvgIpc) is 3.30. The number of hydrogen-bond donors (Lipinski definition) is 0. The van der Waals surface area contributed by atoms with Gasteiger partial charge in [0.1, 0.15) is 13.2 Å². The maximum atomic E-state index is 12.8. The van der Waals surface area contributed by atoms with Crippen LogP contribution in [0.15, 0.2) is 24.3 Å². The van der Waals surface area contributed by atoms with E-state index in [0.29, 0.717) is 19.3 Å². The molecule has 0 heterocycles. The summed E-state index contributed by atoms with van der Waals surface area (Å²) in [4.78, 5) is 38.1. The summed E-state index contributed by atoms with van der Waals surface area (Å²) in [7, 11) is 0. The summed E-state index contributed by atoms with van der Waals surface area (Å²) in [6, 6.07) is 0. The van der Waals surface area contributed by atoms with Gasteiger partial charge in [0.25, 0.3) is 0 Å². The van der Waals surface area contributed by atoms with Crippen molar-refractivity contribution < 1.29 is 28.6 Å². The molecule has 0 aliphatic heterocycles. The van der Waals surface area contributed by atoms with Gasteiger partial charge in [-0.25, -0.2) is 0 Å². The van der Waals surface area contributed by atoms with Crippen molar-refractivity contribution in [1.29, 1.82) is 0 Å². The lowest BCUT2D eigenvalue weighted by molar-refractivity contribution is -0.167. The summed E-state index contributed by atoms with van der Waals surface area (Å²) in [5.74, 6) is -0.866. The van der Waals surface area contributed by atoms with Gasteiger partial charge in [-0.3, -0.25) is 14.4 Å². The molecular weight excluding hydrogens is 805 g/mol. The molecule has 1 atom stereocenters. The molecule has 6 heteroatoms. The van der Waals surface area contributed by atoms with E-state index in [9.17, 15) is 14.4 Å². The Morgan fingerprint density at radius 3 is 0.800 bits per heavy atom. The Labute approximate surface area is 404 Å². The molecule has 0 amide bonds. The molecule has 0 bridgehead atoms. The van der Waals surface area contributed by atoms with E-state index in [1.165, 1.54) is 212 Å². The maximum Gasteiger partial charge on any atom is 0.306 e. The fraction of sp³-hybridized carbons (Fsp3) is 0.881. The van der Waals surface area contributed by atoms with E-state index in [1.54, 1.807) is 0 Å². The summed E-state index contributed by atoms with van der Waals surface area (Å²) in [5.41, 5.74) is 0. The van der Waals surface area contributed by atoms with Crippen LogP contribution in [0.4, 0.5) is 0 Å². The average molecular weight is 916 g/mol. The van der Waals surface area contributed by atoms with Crippen molar-refractivity contribution in [1.82, 2.24) is 0 Å². The van der Waals surface area contributed by atoms with Crippen molar-refractivity contribution >= 4 is 17.9 Å². The zero-order valence-electron chi connectivity index (χ0n) is 43.8. The molecule has 65 heavy (non-hydrogen) atoms. The van der Waals surface area contributed by atoms with Crippen molar-refractivity contribution in [2.75, 3.05) is 13.2 Å². The van der Waals surface area contributed by atoms with Gasteiger partial charge in [-0.2, -0.15) is 0 Å². The van der Waals surface area contributed by atoms with Crippen LogP contribution in [0.25, 0.3) is 0 Å². The molecule has 0 aliphatic carbocycles. The molecule has 0 N–H and O–H groups in total. The molecule has 0 rings (SSSR count). The molecule has 0 saturated heterocycles. The molecular formula is C59H110O6. The minimum Gasteiger partial charge on any atom is -0.462 e.